The number of rotatable bonds is 1. The first-order valence-electron chi connectivity index (χ1n) is 4.54. The van der Waals surface area contributed by atoms with E-state index in [2.05, 4.69) is 0 Å². The molecule has 1 N–H and O–H groups in total. The summed E-state index contributed by atoms with van der Waals surface area (Å²) in [5, 5.41) is 0. The second-order valence-electron chi connectivity index (χ2n) is 3.15. The number of ether oxygens (including phenoxy) is 1. The molecule has 116 valence electrons. The molecule has 0 saturated heterocycles. The molecule has 0 atom stereocenters. The predicted octanol–water partition coefficient (Wildman–Crippen LogP) is 3.11. The topological polar surface area (TPSA) is 63.6 Å². The minimum atomic E-state index is -5.84. The molecule has 0 unspecified atom stereocenters. The minimum Gasteiger partial charge on any atom is -0.497 e. The van der Waals surface area contributed by atoms with Gasteiger partial charge in [-0.25, -0.2) is 0 Å². The molecule has 4 nitrogen and oxygen atoms in total. The van der Waals surface area contributed by atoms with Crippen LogP contribution < -0.4 is 4.74 Å². The normalized spacial score (nSPS) is 12.4. The number of hydrogen-bond donors (Lipinski definition) is 1. The average Bonchev–Trinajstić information content (AvgIpc) is 2.26. The molecule has 0 bridgehead atoms. The lowest BCUT2D eigenvalue weighted by molar-refractivity contribution is -0.137. The Kier molecular flexibility index (Phi) is 5.84. The van der Waals surface area contributed by atoms with E-state index >= 15 is 0 Å². The van der Waals surface area contributed by atoms with Crippen LogP contribution in [0, 0.1) is 0 Å². The number of benzene rings is 1. The van der Waals surface area contributed by atoms with Gasteiger partial charge in [0.05, 0.1) is 12.7 Å². The van der Waals surface area contributed by atoms with Crippen LogP contribution in [0.15, 0.2) is 24.3 Å². The maximum absolute atomic E-state index is 12.0. The molecular weight excluding hydrogens is 318 g/mol. The van der Waals surface area contributed by atoms with E-state index in [0.717, 1.165) is 12.1 Å². The van der Waals surface area contributed by atoms with Crippen LogP contribution in [-0.2, 0) is 16.3 Å². The first-order valence-corrected chi connectivity index (χ1v) is 5.98. The van der Waals surface area contributed by atoms with Crippen molar-refractivity contribution in [3.8, 4) is 5.75 Å². The quantitative estimate of drug-likeness (QED) is 0.489. The molecule has 1 rings (SSSR count). The molecule has 0 aliphatic heterocycles. The Morgan fingerprint density at radius 1 is 1.00 bits per heavy atom. The summed E-state index contributed by atoms with van der Waals surface area (Å²) in [7, 11) is -4.43. The zero-order valence-corrected chi connectivity index (χ0v) is 10.5. The Morgan fingerprint density at radius 2 is 1.35 bits per heavy atom. The molecule has 1 aromatic rings. The Labute approximate surface area is 109 Å². The molecule has 0 aromatic heterocycles. The smallest absolute Gasteiger partial charge is 0.497 e. The highest BCUT2D eigenvalue weighted by Crippen LogP contribution is 2.30. The molecule has 0 aliphatic rings. The Hall–Kier alpha value is -1.49. The van der Waals surface area contributed by atoms with Crippen LogP contribution in [0.5, 0.6) is 5.75 Å². The largest absolute Gasteiger partial charge is 0.522 e. The first kappa shape index (κ1) is 18.5. The zero-order chi connectivity index (χ0) is 16.2. The summed E-state index contributed by atoms with van der Waals surface area (Å²) in [6.45, 7) is 0. The van der Waals surface area contributed by atoms with Crippen LogP contribution >= 0.6 is 0 Å². The fraction of sp³-hybridized carbons (Fsp3) is 0.333. The summed E-state index contributed by atoms with van der Waals surface area (Å²) >= 11 is 0. The van der Waals surface area contributed by atoms with E-state index in [9.17, 15) is 26.3 Å². The average molecular weight is 326 g/mol. The second-order valence-corrected chi connectivity index (χ2v) is 4.56. The summed E-state index contributed by atoms with van der Waals surface area (Å²) in [5.74, 6) is 0.419. The molecule has 0 heterocycles. The van der Waals surface area contributed by atoms with Gasteiger partial charge in [0.2, 0.25) is 0 Å². The van der Waals surface area contributed by atoms with Crippen molar-refractivity contribution in [3.63, 3.8) is 0 Å². The van der Waals surface area contributed by atoms with Gasteiger partial charge in [-0.3, -0.25) is 4.55 Å². The van der Waals surface area contributed by atoms with Crippen LogP contribution in [0.2, 0.25) is 0 Å². The van der Waals surface area contributed by atoms with Crippen molar-refractivity contribution in [3.05, 3.63) is 29.8 Å². The summed E-state index contributed by atoms with van der Waals surface area (Å²) in [4.78, 5) is 0. The SMILES string of the molecule is COc1ccc(C(F)(F)F)cc1.O=S(=O)(O)C(F)(F)F. The summed E-state index contributed by atoms with van der Waals surface area (Å²) in [6, 6.07) is 4.53. The van der Waals surface area contributed by atoms with Gasteiger partial charge in [0.15, 0.2) is 0 Å². The fourth-order valence-corrected chi connectivity index (χ4v) is 0.780. The predicted molar refractivity (Wildman–Crippen MR) is 55.6 cm³/mol. The van der Waals surface area contributed by atoms with Crippen molar-refractivity contribution in [2.24, 2.45) is 0 Å². The van der Waals surface area contributed by atoms with Gasteiger partial charge in [-0.05, 0) is 24.3 Å². The van der Waals surface area contributed by atoms with Crippen molar-refractivity contribution in [2.75, 3.05) is 7.11 Å². The first-order chi connectivity index (χ1) is 8.79. The van der Waals surface area contributed by atoms with E-state index in [-0.39, 0.29) is 0 Å². The molecule has 0 fully saturated rings. The number of halogens is 6. The van der Waals surface area contributed by atoms with Gasteiger partial charge < -0.3 is 4.74 Å². The molecule has 0 amide bonds. The monoisotopic (exact) mass is 326 g/mol. The molecule has 0 radical (unpaired) electrons. The highest BCUT2D eigenvalue weighted by molar-refractivity contribution is 7.86. The van der Waals surface area contributed by atoms with E-state index in [1.54, 1.807) is 0 Å². The summed E-state index contributed by atoms with van der Waals surface area (Å²) in [5.41, 5.74) is -6.20. The minimum absolute atomic E-state index is 0.419. The number of methoxy groups -OCH3 is 1. The Morgan fingerprint density at radius 3 is 1.55 bits per heavy atom. The van der Waals surface area contributed by atoms with Crippen LogP contribution in [0.3, 0.4) is 0 Å². The van der Waals surface area contributed by atoms with E-state index in [0.29, 0.717) is 5.75 Å². The van der Waals surface area contributed by atoms with E-state index in [1.165, 1.54) is 19.2 Å². The highest BCUT2D eigenvalue weighted by atomic mass is 32.2. The Bertz CT molecular complexity index is 517. The van der Waals surface area contributed by atoms with Crippen molar-refractivity contribution in [2.45, 2.75) is 11.7 Å². The van der Waals surface area contributed by atoms with Crippen molar-refractivity contribution in [1.29, 1.82) is 0 Å². The van der Waals surface area contributed by atoms with Crippen molar-refractivity contribution >= 4 is 10.1 Å². The molecule has 1 aromatic carbocycles. The second kappa shape index (κ2) is 6.31. The zero-order valence-electron chi connectivity index (χ0n) is 9.66. The van der Waals surface area contributed by atoms with E-state index in [1.807, 2.05) is 0 Å². The van der Waals surface area contributed by atoms with Crippen molar-refractivity contribution < 1.29 is 44.0 Å². The van der Waals surface area contributed by atoms with Crippen LogP contribution in [0.1, 0.15) is 5.56 Å². The van der Waals surface area contributed by atoms with Gasteiger partial charge in [0.1, 0.15) is 5.75 Å². The maximum Gasteiger partial charge on any atom is 0.522 e. The lowest BCUT2D eigenvalue weighted by atomic mass is 10.2. The molecular formula is C9H8F6O4S. The molecule has 0 aliphatic carbocycles. The van der Waals surface area contributed by atoms with Crippen LogP contribution in [-0.4, -0.2) is 25.6 Å². The van der Waals surface area contributed by atoms with Crippen molar-refractivity contribution in [1.82, 2.24) is 0 Å². The van der Waals surface area contributed by atoms with E-state index in [4.69, 9.17) is 17.7 Å². The molecule has 0 spiro atoms. The highest BCUT2D eigenvalue weighted by Gasteiger charge is 2.44. The van der Waals surface area contributed by atoms with Gasteiger partial charge in [-0.15, -0.1) is 0 Å². The third-order valence-electron chi connectivity index (χ3n) is 1.71. The third-order valence-corrected chi connectivity index (χ3v) is 2.29. The van der Waals surface area contributed by atoms with Gasteiger partial charge in [-0.2, -0.15) is 34.8 Å². The summed E-state index contributed by atoms with van der Waals surface area (Å²) < 4.78 is 98.2. The lowest BCUT2D eigenvalue weighted by Gasteiger charge is -2.06. The maximum atomic E-state index is 12.0. The van der Waals surface area contributed by atoms with Gasteiger partial charge in [-0.1, -0.05) is 0 Å². The Balaban J connectivity index is 0.000000396. The molecule has 11 heteroatoms. The molecule has 0 saturated carbocycles. The number of alkyl halides is 6. The number of hydrogen-bond acceptors (Lipinski definition) is 3. The van der Waals surface area contributed by atoms with Gasteiger partial charge in [0, 0.05) is 0 Å². The fourth-order valence-electron chi connectivity index (χ4n) is 0.780. The van der Waals surface area contributed by atoms with Crippen LogP contribution in [0.4, 0.5) is 26.3 Å². The van der Waals surface area contributed by atoms with Gasteiger partial charge in [0.25, 0.3) is 0 Å². The third kappa shape index (κ3) is 6.10. The molecule has 20 heavy (non-hydrogen) atoms. The summed E-state index contributed by atoms with van der Waals surface area (Å²) in [6.07, 6.45) is -4.27. The van der Waals surface area contributed by atoms with Gasteiger partial charge >= 0.3 is 21.8 Å². The van der Waals surface area contributed by atoms with Crippen LogP contribution in [0.25, 0.3) is 0 Å². The standard InChI is InChI=1S/C8H7F3O.CHF3O3S/c1-12-7-4-2-6(3-5-7)8(9,10)11;2-1(3,4)8(5,6)7/h2-5H,1H3;(H,5,6,7). The lowest BCUT2D eigenvalue weighted by Crippen LogP contribution is -2.21. The van der Waals surface area contributed by atoms with E-state index < -0.39 is 27.4 Å².